The Morgan fingerprint density at radius 2 is 2.14 bits per heavy atom. The molecule has 0 saturated carbocycles. The molecule has 2 atom stereocenters. The molecule has 1 aromatic rings. The van der Waals surface area contributed by atoms with Crippen LogP contribution in [0.25, 0.3) is 0 Å². The first-order chi connectivity index (χ1) is 10.4. The van der Waals surface area contributed by atoms with E-state index in [1.54, 1.807) is 0 Å². The minimum absolute atomic E-state index is 0.139. The van der Waals surface area contributed by atoms with Gasteiger partial charge in [0.2, 0.25) is 11.6 Å². The van der Waals surface area contributed by atoms with E-state index in [1.165, 1.54) is 4.90 Å². The number of nitrogens with zero attached hydrogens (tertiary/aromatic N) is 1. The van der Waals surface area contributed by atoms with Crippen molar-refractivity contribution in [2.45, 2.75) is 31.9 Å². The van der Waals surface area contributed by atoms with Crippen LogP contribution in [0.3, 0.4) is 0 Å². The Balaban J connectivity index is 2.07. The number of hydrogen-bond donors (Lipinski definition) is 1. The second kappa shape index (κ2) is 6.77. The molecule has 2 unspecified atom stereocenters. The Bertz CT molecular complexity index is 580. The van der Waals surface area contributed by atoms with Crippen molar-refractivity contribution in [2.24, 2.45) is 5.92 Å². The van der Waals surface area contributed by atoms with Crippen molar-refractivity contribution in [1.29, 1.82) is 0 Å². The molecule has 6 heteroatoms. The van der Waals surface area contributed by atoms with Crippen molar-refractivity contribution < 1.29 is 19.1 Å². The van der Waals surface area contributed by atoms with Gasteiger partial charge < -0.3 is 10.0 Å². The quantitative estimate of drug-likeness (QED) is 0.865. The van der Waals surface area contributed by atoms with Crippen LogP contribution in [-0.2, 0) is 16.0 Å². The van der Waals surface area contributed by atoms with Gasteiger partial charge in [0.15, 0.2) is 0 Å². The maximum atomic E-state index is 14.1. The van der Waals surface area contributed by atoms with Crippen LogP contribution < -0.4 is 0 Å². The van der Waals surface area contributed by atoms with Crippen molar-refractivity contribution in [3.63, 3.8) is 0 Å². The van der Waals surface area contributed by atoms with Crippen LogP contribution in [-0.4, -0.2) is 40.6 Å². The van der Waals surface area contributed by atoms with Gasteiger partial charge in [0.05, 0.1) is 6.54 Å². The van der Waals surface area contributed by atoms with Crippen LogP contribution >= 0.6 is 15.9 Å². The van der Waals surface area contributed by atoms with Crippen LogP contribution in [0.5, 0.6) is 0 Å². The number of benzene rings is 1. The summed E-state index contributed by atoms with van der Waals surface area (Å²) < 4.78 is 15.0. The van der Waals surface area contributed by atoms with E-state index >= 15 is 0 Å². The molecular formula is C16H19BrFNO3. The zero-order valence-corrected chi connectivity index (χ0v) is 14.0. The number of alkyl halides is 1. The van der Waals surface area contributed by atoms with E-state index in [-0.39, 0.29) is 31.3 Å². The van der Waals surface area contributed by atoms with Gasteiger partial charge in [0.25, 0.3) is 0 Å². The third kappa shape index (κ3) is 3.48. The van der Waals surface area contributed by atoms with Crippen LogP contribution in [0.2, 0.25) is 0 Å². The maximum absolute atomic E-state index is 14.1. The van der Waals surface area contributed by atoms with E-state index in [4.69, 9.17) is 5.11 Å². The summed E-state index contributed by atoms with van der Waals surface area (Å²) in [7, 11) is 0. The summed E-state index contributed by atoms with van der Waals surface area (Å²) in [5.74, 6) is -1.92. The fourth-order valence-electron chi connectivity index (χ4n) is 2.73. The van der Waals surface area contributed by atoms with Gasteiger partial charge in [-0.15, -0.1) is 0 Å². The molecule has 1 aliphatic heterocycles. The lowest BCUT2D eigenvalue weighted by molar-refractivity contribution is -0.150. The van der Waals surface area contributed by atoms with E-state index in [0.717, 1.165) is 10.0 Å². The van der Waals surface area contributed by atoms with Gasteiger partial charge in [-0.3, -0.25) is 4.79 Å². The summed E-state index contributed by atoms with van der Waals surface area (Å²) in [4.78, 5) is 24.8. The monoisotopic (exact) mass is 371 g/mol. The minimum Gasteiger partial charge on any atom is -0.479 e. The van der Waals surface area contributed by atoms with E-state index in [2.05, 4.69) is 15.9 Å². The van der Waals surface area contributed by atoms with Gasteiger partial charge in [-0.2, -0.15) is 0 Å². The molecule has 22 heavy (non-hydrogen) atoms. The Labute approximate surface area is 137 Å². The van der Waals surface area contributed by atoms with Crippen molar-refractivity contribution in [1.82, 2.24) is 4.90 Å². The largest absolute Gasteiger partial charge is 0.479 e. The van der Waals surface area contributed by atoms with E-state index in [0.29, 0.717) is 12.8 Å². The molecule has 2 rings (SSSR count). The minimum atomic E-state index is -2.30. The number of carboxylic acids is 1. The number of carbonyl (C=O) groups excluding carboxylic acids is 1. The first kappa shape index (κ1) is 16.9. The molecule has 1 saturated heterocycles. The Kier molecular flexibility index (Phi) is 5.21. The highest BCUT2D eigenvalue weighted by Gasteiger charge is 2.47. The zero-order valence-electron chi connectivity index (χ0n) is 12.4. The lowest BCUT2D eigenvalue weighted by Crippen LogP contribution is -2.41. The first-order valence-corrected chi connectivity index (χ1v) is 8.11. The Morgan fingerprint density at radius 1 is 1.45 bits per heavy atom. The van der Waals surface area contributed by atoms with E-state index < -0.39 is 11.6 Å². The SMILES string of the molecule is CCC(Cc1ccccc1Br)C(=O)N1CCC(F)(C(=O)O)C1. The van der Waals surface area contributed by atoms with E-state index in [9.17, 15) is 14.0 Å². The second-order valence-corrected chi connectivity index (χ2v) is 6.54. The molecule has 1 N–H and O–H groups in total. The standard InChI is InChI=1S/C16H19BrFNO3/c1-2-11(9-12-5-3-4-6-13(12)17)14(20)19-8-7-16(18,10-19)15(21)22/h3-6,11H,2,7-10H2,1H3,(H,21,22). The fourth-order valence-corrected chi connectivity index (χ4v) is 3.18. The number of aliphatic carboxylic acids is 1. The Hall–Kier alpha value is -1.43. The van der Waals surface area contributed by atoms with E-state index in [1.807, 2.05) is 31.2 Å². The van der Waals surface area contributed by atoms with Crippen molar-refractivity contribution in [2.75, 3.05) is 13.1 Å². The summed E-state index contributed by atoms with van der Waals surface area (Å²) in [5.41, 5.74) is -1.28. The summed E-state index contributed by atoms with van der Waals surface area (Å²) in [6, 6.07) is 7.67. The van der Waals surface area contributed by atoms with Crippen LogP contribution in [0.4, 0.5) is 4.39 Å². The third-order valence-corrected chi connectivity index (χ3v) is 4.95. The third-order valence-electron chi connectivity index (χ3n) is 4.18. The van der Waals surface area contributed by atoms with Gasteiger partial charge in [-0.25, -0.2) is 9.18 Å². The molecule has 0 bridgehead atoms. The predicted octanol–water partition coefficient (Wildman–Crippen LogP) is 3.04. The van der Waals surface area contributed by atoms with Crippen LogP contribution in [0.15, 0.2) is 28.7 Å². The number of rotatable bonds is 5. The normalized spacial score (nSPS) is 22.6. The highest BCUT2D eigenvalue weighted by molar-refractivity contribution is 9.10. The van der Waals surface area contributed by atoms with Crippen molar-refractivity contribution in [3.8, 4) is 0 Å². The number of halogens is 2. The summed E-state index contributed by atoms with van der Waals surface area (Å²) >= 11 is 3.46. The Morgan fingerprint density at radius 3 is 2.68 bits per heavy atom. The first-order valence-electron chi connectivity index (χ1n) is 7.32. The van der Waals surface area contributed by atoms with Gasteiger partial charge >= 0.3 is 5.97 Å². The van der Waals surface area contributed by atoms with Gasteiger partial charge in [0.1, 0.15) is 0 Å². The van der Waals surface area contributed by atoms with Gasteiger partial charge in [-0.1, -0.05) is 41.1 Å². The average Bonchev–Trinajstić information content (AvgIpc) is 2.90. The number of amides is 1. The summed E-state index contributed by atoms with van der Waals surface area (Å²) in [6.07, 6.45) is 1.04. The number of carbonyl (C=O) groups is 2. The number of likely N-dealkylation sites (tertiary alicyclic amines) is 1. The average molecular weight is 372 g/mol. The molecular weight excluding hydrogens is 353 g/mol. The lowest BCUT2D eigenvalue weighted by Gasteiger charge is -2.23. The predicted molar refractivity (Wildman–Crippen MR) is 84.3 cm³/mol. The molecule has 4 nitrogen and oxygen atoms in total. The molecule has 120 valence electrons. The second-order valence-electron chi connectivity index (χ2n) is 5.68. The molecule has 1 aliphatic rings. The highest BCUT2D eigenvalue weighted by atomic mass is 79.9. The van der Waals surface area contributed by atoms with Crippen LogP contribution in [0.1, 0.15) is 25.3 Å². The fraction of sp³-hybridized carbons (Fsp3) is 0.500. The van der Waals surface area contributed by atoms with Crippen molar-refractivity contribution in [3.05, 3.63) is 34.3 Å². The molecule has 1 heterocycles. The van der Waals surface area contributed by atoms with Gasteiger partial charge in [0, 0.05) is 23.4 Å². The molecule has 1 aromatic carbocycles. The molecule has 0 aliphatic carbocycles. The molecule has 0 spiro atoms. The number of carboxylic acid groups (broad SMARTS) is 1. The van der Waals surface area contributed by atoms with Crippen LogP contribution in [0, 0.1) is 5.92 Å². The van der Waals surface area contributed by atoms with Gasteiger partial charge in [-0.05, 0) is 24.5 Å². The highest BCUT2D eigenvalue weighted by Crippen LogP contribution is 2.29. The molecule has 1 fully saturated rings. The zero-order chi connectivity index (χ0) is 16.3. The van der Waals surface area contributed by atoms with Crippen molar-refractivity contribution >= 4 is 27.8 Å². The lowest BCUT2D eigenvalue weighted by atomic mass is 9.95. The summed E-state index contributed by atoms with van der Waals surface area (Å²) in [5, 5.41) is 8.92. The smallest absolute Gasteiger partial charge is 0.343 e. The molecule has 0 radical (unpaired) electrons. The maximum Gasteiger partial charge on any atom is 0.343 e. The molecule has 1 amide bonds. The topological polar surface area (TPSA) is 57.6 Å². The summed E-state index contributed by atoms with van der Waals surface area (Å²) in [6.45, 7) is 1.72. The molecule has 0 aromatic heterocycles. The number of hydrogen-bond acceptors (Lipinski definition) is 2.